The van der Waals surface area contributed by atoms with Crippen molar-refractivity contribution in [1.82, 2.24) is 9.88 Å². The molecule has 2 N–H and O–H groups in total. The van der Waals surface area contributed by atoms with Gasteiger partial charge in [0.05, 0.1) is 11.6 Å². The number of thiazole rings is 1. The maximum absolute atomic E-state index is 11.3. The molecule has 0 radical (unpaired) electrons. The first-order valence-electron chi connectivity index (χ1n) is 6.74. The lowest BCUT2D eigenvalue weighted by molar-refractivity contribution is -0.142. The van der Waals surface area contributed by atoms with Gasteiger partial charge in [0.25, 0.3) is 0 Å². The SMILES string of the molecule is CNc1nc(CN2C[C@@H](C(=O)O)[C@H](C3CC3)C2)cs1. The quantitative estimate of drug-likeness (QED) is 0.860. The van der Waals surface area contributed by atoms with Crippen molar-refractivity contribution >= 4 is 22.4 Å². The van der Waals surface area contributed by atoms with E-state index in [4.69, 9.17) is 0 Å². The zero-order valence-electron chi connectivity index (χ0n) is 11.0. The van der Waals surface area contributed by atoms with Crippen LogP contribution in [-0.2, 0) is 11.3 Å². The number of likely N-dealkylation sites (tertiary alicyclic amines) is 1. The summed E-state index contributed by atoms with van der Waals surface area (Å²) < 4.78 is 0. The van der Waals surface area contributed by atoms with Crippen molar-refractivity contribution in [1.29, 1.82) is 0 Å². The number of aliphatic carboxylic acids is 1. The van der Waals surface area contributed by atoms with Crippen LogP contribution in [0.4, 0.5) is 5.13 Å². The molecule has 0 spiro atoms. The molecule has 6 heteroatoms. The van der Waals surface area contributed by atoms with Gasteiger partial charge in [-0.3, -0.25) is 9.69 Å². The van der Waals surface area contributed by atoms with Crippen molar-refractivity contribution in [3.63, 3.8) is 0 Å². The van der Waals surface area contributed by atoms with E-state index >= 15 is 0 Å². The molecule has 1 aromatic heterocycles. The predicted molar refractivity (Wildman–Crippen MR) is 74.3 cm³/mol. The molecule has 19 heavy (non-hydrogen) atoms. The summed E-state index contributed by atoms with van der Waals surface area (Å²) in [6, 6.07) is 0. The Hall–Kier alpha value is -1.14. The molecule has 1 aliphatic carbocycles. The molecule has 0 aromatic carbocycles. The van der Waals surface area contributed by atoms with E-state index in [2.05, 4.69) is 15.2 Å². The lowest BCUT2D eigenvalue weighted by Gasteiger charge is -2.13. The van der Waals surface area contributed by atoms with E-state index in [-0.39, 0.29) is 5.92 Å². The van der Waals surface area contributed by atoms with Crippen LogP contribution in [0, 0.1) is 17.8 Å². The van der Waals surface area contributed by atoms with Crippen LogP contribution in [-0.4, -0.2) is 41.1 Å². The number of carboxylic acids is 1. The zero-order chi connectivity index (χ0) is 13.4. The van der Waals surface area contributed by atoms with E-state index < -0.39 is 5.97 Å². The van der Waals surface area contributed by atoms with Gasteiger partial charge in [-0.1, -0.05) is 0 Å². The van der Waals surface area contributed by atoms with Gasteiger partial charge in [0.2, 0.25) is 0 Å². The summed E-state index contributed by atoms with van der Waals surface area (Å²) in [4.78, 5) is 18.1. The largest absolute Gasteiger partial charge is 0.481 e. The molecule has 1 saturated carbocycles. The lowest BCUT2D eigenvalue weighted by atomic mass is 9.92. The van der Waals surface area contributed by atoms with Crippen molar-refractivity contribution in [2.75, 3.05) is 25.5 Å². The number of hydrogen-bond acceptors (Lipinski definition) is 5. The van der Waals surface area contributed by atoms with E-state index in [0.717, 1.165) is 23.9 Å². The van der Waals surface area contributed by atoms with Crippen LogP contribution in [0.2, 0.25) is 0 Å². The average Bonchev–Trinajstić information content (AvgIpc) is 2.99. The number of carbonyl (C=O) groups is 1. The Morgan fingerprint density at radius 2 is 2.37 bits per heavy atom. The maximum atomic E-state index is 11.3. The highest BCUT2D eigenvalue weighted by molar-refractivity contribution is 7.13. The molecule has 0 bridgehead atoms. The van der Waals surface area contributed by atoms with Crippen molar-refractivity contribution in [2.45, 2.75) is 19.4 Å². The minimum atomic E-state index is -0.631. The lowest BCUT2D eigenvalue weighted by Crippen LogP contribution is -2.24. The number of carboxylic acid groups (broad SMARTS) is 1. The Morgan fingerprint density at radius 1 is 1.58 bits per heavy atom. The molecule has 5 nitrogen and oxygen atoms in total. The summed E-state index contributed by atoms with van der Waals surface area (Å²) in [6.07, 6.45) is 2.42. The van der Waals surface area contributed by atoms with E-state index in [1.807, 2.05) is 12.4 Å². The van der Waals surface area contributed by atoms with Crippen molar-refractivity contribution in [2.24, 2.45) is 17.8 Å². The molecule has 104 valence electrons. The van der Waals surface area contributed by atoms with E-state index in [0.29, 0.717) is 18.4 Å². The summed E-state index contributed by atoms with van der Waals surface area (Å²) >= 11 is 1.59. The number of nitrogens with one attached hydrogen (secondary N) is 1. The minimum Gasteiger partial charge on any atom is -0.481 e. The number of aromatic nitrogens is 1. The second kappa shape index (κ2) is 5.09. The normalized spacial score (nSPS) is 27.6. The molecule has 0 unspecified atom stereocenters. The van der Waals surface area contributed by atoms with Gasteiger partial charge in [0.15, 0.2) is 5.13 Å². The summed E-state index contributed by atoms with van der Waals surface area (Å²) in [5.74, 6) is 0.179. The highest BCUT2D eigenvalue weighted by atomic mass is 32.1. The minimum absolute atomic E-state index is 0.185. The number of nitrogens with zero attached hydrogens (tertiary/aromatic N) is 2. The van der Waals surface area contributed by atoms with Gasteiger partial charge in [-0.15, -0.1) is 11.3 Å². The van der Waals surface area contributed by atoms with Gasteiger partial charge in [0.1, 0.15) is 0 Å². The van der Waals surface area contributed by atoms with E-state index in [1.54, 1.807) is 11.3 Å². The highest BCUT2D eigenvalue weighted by Gasteiger charge is 2.45. The second-order valence-corrected chi connectivity index (χ2v) is 6.39. The van der Waals surface area contributed by atoms with Gasteiger partial charge < -0.3 is 10.4 Å². The summed E-state index contributed by atoms with van der Waals surface area (Å²) in [6.45, 7) is 2.35. The van der Waals surface area contributed by atoms with Crippen LogP contribution in [0.25, 0.3) is 0 Å². The molecule has 1 saturated heterocycles. The third-order valence-corrected chi connectivity index (χ3v) is 5.05. The van der Waals surface area contributed by atoms with Crippen LogP contribution < -0.4 is 5.32 Å². The third-order valence-electron chi connectivity index (χ3n) is 4.14. The fourth-order valence-electron chi connectivity index (χ4n) is 3.03. The number of hydrogen-bond donors (Lipinski definition) is 2. The summed E-state index contributed by atoms with van der Waals surface area (Å²) in [7, 11) is 1.86. The molecule has 2 heterocycles. The first-order chi connectivity index (χ1) is 9.17. The van der Waals surface area contributed by atoms with E-state index in [1.165, 1.54) is 12.8 Å². The van der Waals surface area contributed by atoms with Gasteiger partial charge in [0, 0.05) is 32.1 Å². The molecule has 2 aliphatic rings. The van der Waals surface area contributed by atoms with Crippen molar-refractivity contribution < 1.29 is 9.90 Å². The van der Waals surface area contributed by atoms with Crippen LogP contribution in [0.5, 0.6) is 0 Å². The summed E-state index contributed by atoms with van der Waals surface area (Å²) in [5, 5.41) is 15.3. The Balaban J connectivity index is 1.64. The zero-order valence-corrected chi connectivity index (χ0v) is 11.8. The third kappa shape index (κ3) is 2.74. The van der Waals surface area contributed by atoms with Crippen LogP contribution in [0.1, 0.15) is 18.5 Å². The van der Waals surface area contributed by atoms with Gasteiger partial charge in [-0.25, -0.2) is 4.98 Å². The smallest absolute Gasteiger partial charge is 0.308 e. The molecular formula is C13H19N3O2S. The molecule has 2 atom stereocenters. The van der Waals surface area contributed by atoms with Gasteiger partial charge in [-0.05, 0) is 24.7 Å². The molecule has 1 aromatic rings. The first-order valence-corrected chi connectivity index (χ1v) is 7.62. The standard InChI is InChI=1S/C13H19N3O2S/c1-14-13-15-9(7-19-13)4-16-5-10(8-2-3-8)11(6-16)12(17)18/h7-8,10-11H,2-6H2,1H3,(H,14,15)(H,17,18)/t10-,11+/m0/s1. The van der Waals surface area contributed by atoms with Gasteiger partial charge >= 0.3 is 5.97 Å². The highest BCUT2D eigenvalue weighted by Crippen LogP contribution is 2.44. The predicted octanol–water partition coefficient (Wildman–Crippen LogP) is 1.73. The summed E-state index contributed by atoms with van der Waals surface area (Å²) in [5.41, 5.74) is 1.04. The average molecular weight is 281 g/mol. The first kappa shape index (κ1) is 12.9. The fourth-order valence-corrected chi connectivity index (χ4v) is 3.69. The van der Waals surface area contributed by atoms with Crippen LogP contribution >= 0.6 is 11.3 Å². The van der Waals surface area contributed by atoms with Gasteiger partial charge in [-0.2, -0.15) is 0 Å². The number of anilines is 1. The maximum Gasteiger partial charge on any atom is 0.308 e. The molecular weight excluding hydrogens is 262 g/mol. The van der Waals surface area contributed by atoms with Crippen molar-refractivity contribution in [3.8, 4) is 0 Å². The Labute approximate surface area is 116 Å². The molecule has 1 aliphatic heterocycles. The van der Waals surface area contributed by atoms with Crippen LogP contribution in [0.3, 0.4) is 0 Å². The monoisotopic (exact) mass is 281 g/mol. The van der Waals surface area contributed by atoms with E-state index in [9.17, 15) is 9.90 Å². The van der Waals surface area contributed by atoms with Crippen molar-refractivity contribution in [3.05, 3.63) is 11.1 Å². The molecule has 3 rings (SSSR count). The number of rotatable bonds is 5. The Bertz CT molecular complexity index is 472. The Kier molecular flexibility index (Phi) is 3.45. The second-order valence-electron chi connectivity index (χ2n) is 5.53. The molecule has 2 fully saturated rings. The topological polar surface area (TPSA) is 65.5 Å². The Morgan fingerprint density at radius 3 is 2.95 bits per heavy atom. The fraction of sp³-hybridized carbons (Fsp3) is 0.692. The van der Waals surface area contributed by atoms with Crippen LogP contribution in [0.15, 0.2) is 5.38 Å². The molecule has 0 amide bonds.